The quantitative estimate of drug-likeness (QED) is 0.542. The van der Waals surface area contributed by atoms with Gasteiger partial charge >= 0.3 is 0 Å². The van der Waals surface area contributed by atoms with Crippen LogP contribution in [0.2, 0.25) is 0 Å². The van der Waals surface area contributed by atoms with E-state index in [1.54, 1.807) is 0 Å². The van der Waals surface area contributed by atoms with Gasteiger partial charge in [-0.3, -0.25) is 4.79 Å². The van der Waals surface area contributed by atoms with Crippen LogP contribution in [0.3, 0.4) is 0 Å². The summed E-state index contributed by atoms with van der Waals surface area (Å²) in [5.74, 6) is 0.0357. The van der Waals surface area contributed by atoms with Crippen molar-refractivity contribution in [1.29, 1.82) is 0 Å². The molecule has 0 heterocycles. The molecule has 0 fully saturated rings. The number of rotatable bonds is 10. The van der Waals surface area contributed by atoms with Crippen LogP contribution in [0.4, 0.5) is 0 Å². The summed E-state index contributed by atoms with van der Waals surface area (Å²) in [7, 11) is 0. The van der Waals surface area contributed by atoms with Gasteiger partial charge in [0.05, 0.1) is 0 Å². The number of hydrogen-bond donors (Lipinski definition) is 1. The Kier molecular flexibility index (Phi) is 9.40. The van der Waals surface area contributed by atoms with E-state index in [2.05, 4.69) is 28.2 Å². The van der Waals surface area contributed by atoms with Crippen molar-refractivity contribution >= 4 is 21.8 Å². The zero-order chi connectivity index (χ0) is 15.5. The van der Waals surface area contributed by atoms with E-state index < -0.39 is 0 Å². The summed E-state index contributed by atoms with van der Waals surface area (Å²) in [6.07, 6.45) is 10.3. The highest BCUT2D eigenvalue weighted by Crippen LogP contribution is 2.17. The van der Waals surface area contributed by atoms with Crippen LogP contribution in [0.25, 0.3) is 0 Å². The molecule has 0 aliphatic carbocycles. The van der Waals surface area contributed by atoms with Crippen LogP contribution in [0.15, 0.2) is 22.7 Å². The van der Waals surface area contributed by atoms with Gasteiger partial charge in [0, 0.05) is 16.6 Å². The monoisotopic (exact) mass is 353 g/mol. The van der Waals surface area contributed by atoms with Crippen molar-refractivity contribution in [2.75, 3.05) is 6.54 Å². The van der Waals surface area contributed by atoms with E-state index >= 15 is 0 Å². The highest BCUT2D eigenvalue weighted by molar-refractivity contribution is 9.10. The van der Waals surface area contributed by atoms with Crippen molar-refractivity contribution in [2.45, 2.75) is 65.2 Å². The topological polar surface area (TPSA) is 29.1 Å². The Bertz CT molecular complexity index is 431. The number of hydrogen-bond acceptors (Lipinski definition) is 1. The van der Waals surface area contributed by atoms with E-state index in [-0.39, 0.29) is 5.91 Å². The smallest absolute Gasteiger partial charge is 0.251 e. The van der Waals surface area contributed by atoms with Gasteiger partial charge in [-0.15, -0.1) is 0 Å². The Morgan fingerprint density at radius 1 is 1.05 bits per heavy atom. The molecule has 1 aromatic rings. The van der Waals surface area contributed by atoms with Crippen LogP contribution in [0.1, 0.15) is 74.2 Å². The summed E-state index contributed by atoms with van der Waals surface area (Å²) >= 11 is 3.45. The fraction of sp³-hybridized carbons (Fsp3) is 0.611. The summed E-state index contributed by atoms with van der Waals surface area (Å²) < 4.78 is 1.04. The molecule has 0 aromatic heterocycles. The summed E-state index contributed by atoms with van der Waals surface area (Å²) in [5.41, 5.74) is 1.84. The molecule has 0 spiro atoms. The largest absolute Gasteiger partial charge is 0.352 e. The third-order valence-electron chi connectivity index (χ3n) is 3.74. The first-order valence-corrected chi connectivity index (χ1v) is 8.98. The number of benzene rings is 1. The average Bonchev–Trinajstić information content (AvgIpc) is 2.48. The number of carbonyl (C=O) groups is 1. The first-order valence-electron chi connectivity index (χ1n) is 8.19. The second-order valence-electron chi connectivity index (χ2n) is 5.69. The average molecular weight is 354 g/mol. The summed E-state index contributed by atoms with van der Waals surface area (Å²) in [5, 5.41) is 3.00. The minimum absolute atomic E-state index is 0.0357. The predicted octanol–water partition coefficient (Wildman–Crippen LogP) is 5.63. The van der Waals surface area contributed by atoms with Gasteiger partial charge in [-0.2, -0.15) is 0 Å². The molecular formula is C18H28BrNO. The summed E-state index contributed by atoms with van der Waals surface area (Å²) in [4.78, 5) is 12.0. The molecule has 1 rings (SSSR count). The molecule has 0 saturated carbocycles. The van der Waals surface area contributed by atoms with Crippen molar-refractivity contribution in [1.82, 2.24) is 5.32 Å². The van der Waals surface area contributed by atoms with E-state index in [4.69, 9.17) is 0 Å². The first kappa shape index (κ1) is 18.2. The minimum atomic E-state index is 0.0357. The lowest BCUT2D eigenvalue weighted by atomic mass is 10.1. The van der Waals surface area contributed by atoms with Gasteiger partial charge in [0.1, 0.15) is 0 Å². The van der Waals surface area contributed by atoms with Crippen LogP contribution in [0, 0.1) is 6.92 Å². The van der Waals surface area contributed by atoms with Crippen LogP contribution in [-0.4, -0.2) is 12.5 Å². The molecule has 1 amide bonds. The van der Waals surface area contributed by atoms with Gasteiger partial charge in [-0.1, -0.05) is 67.8 Å². The number of carbonyl (C=O) groups excluding carboxylic acids is 1. The maximum atomic E-state index is 12.0. The molecule has 3 heteroatoms. The lowest BCUT2D eigenvalue weighted by Gasteiger charge is -2.07. The van der Waals surface area contributed by atoms with Crippen molar-refractivity contribution < 1.29 is 4.79 Å². The molecule has 1 N–H and O–H groups in total. The Balaban J connectivity index is 2.09. The maximum absolute atomic E-state index is 12.0. The Morgan fingerprint density at radius 2 is 1.67 bits per heavy atom. The number of halogens is 1. The molecule has 0 aliphatic heterocycles. The van der Waals surface area contributed by atoms with Gasteiger partial charge < -0.3 is 5.32 Å². The number of aryl methyl sites for hydroxylation is 1. The highest BCUT2D eigenvalue weighted by Gasteiger charge is 2.05. The Labute approximate surface area is 137 Å². The van der Waals surface area contributed by atoms with Crippen LogP contribution < -0.4 is 5.32 Å². The van der Waals surface area contributed by atoms with Crippen LogP contribution in [-0.2, 0) is 0 Å². The van der Waals surface area contributed by atoms with Crippen LogP contribution in [0.5, 0.6) is 0 Å². The molecule has 0 atom stereocenters. The van der Waals surface area contributed by atoms with E-state index in [1.807, 2.05) is 25.1 Å². The Morgan fingerprint density at radius 3 is 2.29 bits per heavy atom. The van der Waals surface area contributed by atoms with Gasteiger partial charge in [-0.05, 0) is 37.1 Å². The zero-order valence-electron chi connectivity index (χ0n) is 13.4. The SMILES string of the molecule is CCCCCCCCCCNC(=O)c1ccc(Br)c(C)c1. The second kappa shape index (κ2) is 10.8. The molecule has 0 bridgehead atoms. The highest BCUT2D eigenvalue weighted by atomic mass is 79.9. The van der Waals surface area contributed by atoms with Crippen molar-refractivity contribution in [3.8, 4) is 0 Å². The van der Waals surface area contributed by atoms with Gasteiger partial charge in [0.2, 0.25) is 0 Å². The molecule has 1 aromatic carbocycles. The standard InChI is InChI=1S/C18H28BrNO/c1-3-4-5-6-7-8-9-10-13-20-18(21)16-11-12-17(19)15(2)14-16/h11-12,14H,3-10,13H2,1-2H3,(H,20,21). The van der Waals surface area contributed by atoms with E-state index in [9.17, 15) is 4.79 Å². The molecule has 118 valence electrons. The lowest BCUT2D eigenvalue weighted by molar-refractivity contribution is 0.0953. The minimum Gasteiger partial charge on any atom is -0.352 e. The van der Waals surface area contributed by atoms with Crippen molar-refractivity contribution in [3.05, 3.63) is 33.8 Å². The molecular weight excluding hydrogens is 326 g/mol. The van der Waals surface area contributed by atoms with E-state index in [0.29, 0.717) is 0 Å². The molecule has 0 saturated heterocycles. The number of nitrogens with one attached hydrogen (secondary N) is 1. The summed E-state index contributed by atoms with van der Waals surface area (Å²) in [6, 6.07) is 5.72. The van der Waals surface area contributed by atoms with Gasteiger partial charge in [0.15, 0.2) is 0 Å². The maximum Gasteiger partial charge on any atom is 0.251 e. The first-order chi connectivity index (χ1) is 10.1. The summed E-state index contributed by atoms with van der Waals surface area (Å²) in [6.45, 7) is 5.03. The van der Waals surface area contributed by atoms with Crippen molar-refractivity contribution in [2.24, 2.45) is 0 Å². The molecule has 0 aliphatic rings. The lowest BCUT2D eigenvalue weighted by Crippen LogP contribution is -2.24. The number of unbranched alkanes of at least 4 members (excludes halogenated alkanes) is 7. The fourth-order valence-corrected chi connectivity index (χ4v) is 2.60. The zero-order valence-corrected chi connectivity index (χ0v) is 15.0. The normalized spacial score (nSPS) is 10.6. The predicted molar refractivity (Wildman–Crippen MR) is 93.8 cm³/mol. The second-order valence-corrected chi connectivity index (χ2v) is 6.55. The molecule has 2 nitrogen and oxygen atoms in total. The van der Waals surface area contributed by atoms with Crippen LogP contribution >= 0.6 is 15.9 Å². The van der Waals surface area contributed by atoms with Crippen molar-refractivity contribution in [3.63, 3.8) is 0 Å². The number of amides is 1. The van der Waals surface area contributed by atoms with E-state index in [1.165, 1.54) is 44.9 Å². The molecule has 21 heavy (non-hydrogen) atoms. The Hall–Kier alpha value is -0.830. The van der Waals surface area contributed by atoms with E-state index in [0.717, 1.165) is 28.6 Å². The molecule has 0 unspecified atom stereocenters. The van der Waals surface area contributed by atoms with Gasteiger partial charge in [-0.25, -0.2) is 0 Å². The fourth-order valence-electron chi connectivity index (χ4n) is 2.35. The third-order valence-corrected chi connectivity index (χ3v) is 4.63. The van der Waals surface area contributed by atoms with Gasteiger partial charge in [0.25, 0.3) is 5.91 Å². The molecule has 0 radical (unpaired) electrons. The third kappa shape index (κ3) is 7.66.